The van der Waals surface area contributed by atoms with Crippen LogP contribution in [-0.4, -0.2) is 6.10 Å². The largest absolute Gasteiger partial charge is 0.491 e. The van der Waals surface area contributed by atoms with E-state index in [0.717, 1.165) is 22.4 Å². The van der Waals surface area contributed by atoms with Crippen LogP contribution >= 0.6 is 11.6 Å². The van der Waals surface area contributed by atoms with E-state index in [0.29, 0.717) is 5.02 Å². The van der Waals surface area contributed by atoms with Crippen LogP contribution in [0.4, 0.5) is 0 Å². The second-order valence-corrected chi connectivity index (χ2v) is 5.65. The summed E-state index contributed by atoms with van der Waals surface area (Å²) in [6, 6.07) is 13.5. The minimum atomic E-state index is -0.179. The van der Waals surface area contributed by atoms with Crippen molar-refractivity contribution in [2.45, 2.75) is 32.9 Å². The van der Waals surface area contributed by atoms with Gasteiger partial charge in [-0.25, -0.2) is 0 Å². The van der Waals surface area contributed by atoms with Gasteiger partial charge in [0.1, 0.15) is 5.75 Å². The van der Waals surface area contributed by atoms with Gasteiger partial charge in [0.15, 0.2) is 0 Å². The lowest BCUT2D eigenvalue weighted by atomic mass is 9.96. The van der Waals surface area contributed by atoms with Crippen molar-refractivity contribution in [1.29, 1.82) is 0 Å². The first-order chi connectivity index (χ1) is 9.47. The van der Waals surface area contributed by atoms with Crippen molar-refractivity contribution in [2.24, 2.45) is 5.73 Å². The Hall–Kier alpha value is -1.51. The molecule has 0 heterocycles. The molecule has 20 heavy (non-hydrogen) atoms. The highest BCUT2D eigenvalue weighted by atomic mass is 35.5. The van der Waals surface area contributed by atoms with Crippen molar-refractivity contribution < 1.29 is 4.74 Å². The molecule has 0 saturated carbocycles. The molecule has 0 amide bonds. The van der Waals surface area contributed by atoms with E-state index in [1.54, 1.807) is 0 Å². The fraction of sp³-hybridized carbons (Fsp3) is 0.294. The molecule has 0 spiro atoms. The number of benzene rings is 2. The highest BCUT2D eigenvalue weighted by molar-refractivity contribution is 6.30. The first-order valence-electron chi connectivity index (χ1n) is 6.75. The Balaban J connectivity index is 2.24. The van der Waals surface area contributed by atoms with Gasteiger partial charge in [0.2, 0.25) is 0 Å². The number of hydrogen-bond acceptors (Lipinski definition) is 2. The van der Waals surface area contributed by atoms with Crippen molar-refractivity contribution in [2.75, 3.05) is 0 Å². The molecule has 2 rings (SSSR count). The molecule has 0 aliphatic carbocycles. The highest BCUT2D eigenvalue weighted by Gasteiger charge is 2.12. The van der Waals surface area contributed by atoms with Crippen LogP contribution in [0.1, 0.15) is 36.6 Å². The van der Waals surface area contributed by atoms with Crippen LogP contribution in [0.5, 0.6) is 5.75 Å². The molecule has 0 aromatic heterocycles. The van der Waals surface area contributed by atoms with Gasteiger partial charge >= 0.3 is 0 Å². The van der Waals surface area contributed by atoms with Crippen LogP contribution in [0.25, 0.3) is 0 Å². The summed E-state index contributed by atoms with van der Waals surface area (Å²) >= 11 is 6.06. The first-order valence-corrected chi connectivity index (χ1v) is 7.13. The smallest absolute Gasteiger partial charge is 0.119 e. The predicted octanol–water partition coefficient (Wildman–Crippen LogP) is 4.48. The number of halogens is 1. The lowest BCUT2D eigenvalue weighted by Gasteiger charge is -2.17. The minimum Gasteiger partial charge on any atom is -0.491 e. The zero-order valence-electron chi connectivity index (χ0n) is 12.1. The Bertz CT molecular complexity index is 578. The second-order valence-electron chi connectivity index (χ2n) is 5.21. The van der Waals surface area contributed by atoms with Crippen molar-refractivity contribution in [3.05, 3.63) is 64.2 Å². The van der Waals surface area contributed by atoms with E-state index < -0.39 is 0 Å². The Labute approximate surface area is 125 Å². The van der Waals surface area contributed by atoms with Crippen LogP contribution in [-0.2, 0) is 0 Å². The van der Waals surface area contributed by atoms with Gasteiger partial charge in [0, 0.05) is 5.02 Å². The number of ether oxygens (including phenoxy) is 1. The van der Waals surface area contributed by atoms with Crippen molar-refractivity contribution in [1.82, 2.24) is 0 Å². The average Bonchev–Trinajstić information content (AvgIpc) is 2.41. The SMILES string of the molecule is Cc1ccc(Cl)cc1C(N)c1ccc(OC(C)C)cc1. The fourth-order valence-corrected chi connectivity index (χ4v) is 2.33. The zero-order valence-corrected chi connectivity index (χ0v) is 12.8. The fourth-order valence-electron chi connectivity index (χ4n) is 2.15. The lowest BCUT2D eigenvalue weighted by Crippen LogP contribution is -2.13. The van der Waals surface area contributed by atoms with Crippen LogP contribution in [0.3, 0.4) is 0 Å². The Morgan fingerprint density at radius 3 is 2.30 bits per heavy atom. The van der Waals surface area contributed by atoms with Crippen LogP contribution in [0.2, 0.25) is 5.02 Å². The molecule has 1 atom stereocenters. The number of rotatable bonds is 4. The van der Waals surface area contributed by atoms with Gasteiger partial charge < -0.3 is 10.5 Å². The average molecular weight is 290 g/mol. The standard InChI is InChI=1S/C17H20ClNO/c1-11(2)20-15-8-5-13(6-9-15)17(19)16-10-14(18)7-4-12(16)3/h4-11,17H,19H2,1-3H3. The molecule has 2 N–H and O–H groups in total. The van der Waals surface area contributed by atoms with Crippen molar-refractivity contribution in [3.63, 3.8) is 0 Å². The topological polar surface area (TPSA) is 35.2 Å². The summed E-state index contributed by atoms with van der Waals surface area (Å²) in [6.45, 7) is 6.06. The quantitative estimate of drug-likeness (QED) is 0.900. The van der Waals surface area contributed by atoms with Gasteiger partial charge in [-0.2, -0.15) is 0 Å². The van der Waals surface area contributed by atoms with Crippen LogP contribution in [0.15, 0.2) is 42.5 Å². The number of hydrogen-bond donors (Lipinski definition) is 1. The number of nitrogens with two attached hydrogens (primary N) is 1. The molecular formula is C17H20ClNO. The first kappa shape index (κ1) is 14.9. The molecule has 2 nitrogen and oxygen atoms in total. The maximum Gasteiger partial charge on any atom is 0.119 e. The molecule has 0 bridgehead atoms. The normalized spacial score (nSPS) is 12.5. The molecule has 0 fully saturated rings. The third-order valence-electron chi connectivity index (χ3n) is 3.19. The van der Waals surface area contributed by atoms with E-state index in [2.05, 4.69) is 0 Å². The lowest BCUT2D eigenvalue weighted by molar-refractivity contribution is 0.242. The molecule has 2 aromatic rings. The highest BCUT2D eigenvalue weighted by Crippen LogP contribution is 2.27. The number of aryl methyl sites for hydroxylation is 1. The molecule has 0 radical (unpaired) electrons. The molecular weight excluding hydrogens is 270 g/mol. The maximum absolute atomic E-state index is 6.34. The summed E-state index contributed by atoms with van der Waals surface area (Å²) in [5.41, 5.74) is 9.58. The summed E-state index contributed by atoms with van der Waals surface area (Å²) in [4.78, 5) is 0. The van der Waals surface area contributed by atoms with Gasteiger partial charge in [-0.05, 0) is 61.7 Å². The van der Waals surface area contributed by atoms with E-state index in [1.165, 1.54) is 0 Å². The third kappa shape index (κ3) is 3.53. The zero-order chi connectivity index (χ0) is 14.7. The summed E-state index contributed by atoms with van der Waals surface area (Å²) < 4.78 is 5.64. The van der Waals surface area contributed by atoms with Gasteiger partial charge in [-0.15, -0.1) is 0 Å². The monoisotopic (exact) mass is 289 g/mol. The predicted molar refractivity (Wildman–Crippen MR) is 84.4 cm³/mol. The van der Waals surface area contributed by atoms with E-state index in [1.807, 2.05) is 63.2 Å². The van der Waals surface area contributed by atoms with E-state index in [-0.39, 0.29) is 12.1 Å². The third-order valence-corrected chi connectivity index (χ3v) is 3.42. The Morgan fingerprint density at radius 1 is 1.05 bits per heavy atom. The molecule has 0 saturated heterocycles. The molecule has 2 aromatic carbocycles. The van der Waals surface area contributed by atoms with Crippen molar-refractivity contribution >= 4 is 11.6 Å². The van der Waals surface area contributed by atoms with Crippen LogP contribution in [0, 0.1) is 6.92 Å². The Kier molecular flexibility index (Phi) is 4.69. The van der Waals surface area contributed by atoms with E-state index in [4.69, 9.17) is 22.1 Å². The van der Waals surface area contributed by atoms with Crippen molar-refractivity contribution in [3.8, 4) is 5.75 Å². The van der Waals surface area contributed by atoms with Crippen LogP contribution < -0.4 is 10.5 Å². The van der Waals surface area contributed by atoms with E-state index >= 15 is 0 Å². The Morgan fingerprint density at radius 2 is 1.70 bits per heavy atom. The summed E-state index contributed by atoms with van der Waals surface area (Å²) in [5, 5.41) is 0.709. The molecule has 1 unspecified atom stereocenters. The summed E-state index contributed by atoms with van der Waals surface area (Å²) in [6.07, 6.45) is 0.171. The van der Waals surface area contributed by atoms with Gasteiger partial charge in [-0.1, -0.05) is 29.8 Å². The summed E-state index contributed by atoms with van der Waals surface area (Å²) in [5.74, 6) is 0.860. The molecule has 0 aliphatic rings. The molecule has 3 heteroatoms. The molecule has 0 aliphatic heterocycles. The summed E-state index contributed by atoms with van der Waals surface area (Å²) in [7, 11) is 0. The maximum atomic E-state index is 6.34. The van der Waals surface area contributed by atoms with Gasteiger partial charge in [0.25, 0.3) is 0 Å². The second kappa shape index (κ2) is 6.29. The molecule has 106 valence electrons. The van der Waals surface area contributed by atoms with Gasteiger partial charge in [0.05, 0.1) is 12.1 Å². The van der Waals surface area contributed by atoms with Gasteiger partial charge in [-0.3, -0.25) is 0 Å². The minimum absolute atomic E-state index is 0.171. The van der Waals surface area contributed by atoms with E-state index in [9.17, 15) is 0 Å².